The number of rotatable bonds is 4. The fraction of sp³-hybridized carbons (Fsp3) is 0. The average molecular weight is 343 g/mol. The maximum atomic E-state index is 11.8. The van der Waals surface area contributed by atoms with E-state index in [1.807, 2.05) is 6.07 Å². The lowest BCUT2D eigenvalue weighted by Crippen LogP contribution is -2.19. The molecular weight excluding hydrogens is 333 g/mol. The first kappa shape index (κ1) is 15.6. The second kappa shape index (κ2) is 7.31. The topological polar surface area (TPSA) is 53.5 Å². The van der Waals surface area contributed by atoms with Crippen LogP contribution in [0.2, 0.25) is 10.0 Å². The fourth-order valence-electron chi connectivity index (χ4n) is 1.43. The van der Waals surface area contributed by atoms with Crippen molar-refractivity contribution in [2.45, 2.75) is 0 Å². The average Bonchev–Trinajstić information content (AvgIpc) is 2.49. The Morgan fingerprint density at radius 3 is 2.33 bits per heavy atom. The Balaban J connectivity index is 2.00. The van der Waals surface area contributed by atoms with Crippen LogP contribution in [0.1, 0.15) is 0 Å². The molecule has 4 nitrogen and oxygen atoms in total. The highest BCUT2D eigenvalue weighted by atomic mass is 35.5. The van der Waals surface area contributed by atoms with Crippen LogP contribution in [0.3, 0.4) is 0 Å². The summed E-state index contributed by atoms with van der Waals surface area (Å²) in [5.41, 5.74) is 3.83. The molecule has 2 aromatic rings. The van der Waals surface area contributed by atoms with Crippen LogP contribution in [-0.4, -0.2) is 11.1 Å². The summed E-state index contributed by atoms with van der Waals surface area (Å²) in [5.74, 6) is -0.518. The smallest absolute Gasteiger partial charge is 0.287 e. The second-order valence-electron chi connectivity index (χ2n) is 3.96. The lowest BCUT2D eigenvalue weighted by molar-refractivity contribution is -0.110. The molecule has 0 aliphatic heterocycles. The maximum absolute atomic E-state index is 11.8. The standard InChI is InChI=1S/C14H10Cl3N3O/c15-11-7-6-10(8-12(11)16)19-20-13(17)14(21)18-9-4-2-1-3-5-9/h1-8,19H,(H,18,21)/b20-13+. The summed E-state index contributed by atoms with van der Waals surface area (Å²) in [6, 6.07) is 13.8. The molecule has 0 atom stereocenters. The number of amides is 1. The van der Waals surface area contributed by atoms with Gasteiger partial charge in [-0.25, -0.2) is 0 Å². The van der Waals surface area contributed by atoms with Crippen molar-refractivity contribution in [1.29, 1.82) is 0 Å². The van der Waals surface area contributed by atoms with Crippen LogP contribution >= 0.6 is 34.8 Å². The van der Waals surface area contributed by atoms with Crippen LogP contribution < -0.4 is 10.7 Å². The molecule has 2 N–H and O–H groups in total. The minimum Gasteiger partial charge on any atom is -0.320 e. The lowest BCUT2D eigenvalue weighted by atomic mass is 10.3. The summed E-state index contributed by atoms with van der Waals surface area (Å²) < 4.78 is 0. The summed E-state index contributed by atoms with van der Waals surface area (Å²) in [6.45, 7) is 0. The Kier molecular flexibility index (Phi) is 5.44. The predicted octanol–water partition coefficient (Wildman–Crippen LogP) is 4.60. The van der Waals surface area contributed by atoms with Crippen LogP contribution in [0.25, 0.3) is 0 Å². The molecule has 0 aliphatic carbocycles. The van der Waals surface area contributed by atoms with E-state index in [1.165, 1.54) is 0 Å². The molecule has 2 aromatic carbocycles. The molecule has 0 spiro atoms. The van der Waals surface area contributed by atoms with E-state index in [9.17, 15) is 4.79 Å². The van der Waals surface area contributed by atoms with Crippen molar-refractivity contribution in [2.24, 2.45) is 5.10 Å². The first-order chi connectivity index (χ1) is 10.1. The van der Waals surface area contributed by atoms with Crippen molar-refractivity contribution in [1.82, 2.24) is 0 Å². The predicted molar refractivity (Wildman–Crippen MR) is 88.4 cm³/mol. The third kappa shape index (κ3) is 4.63. The summed E-state index contributed by atoms with van der Waals surface area (Å²) in [5, 5.41) is 6.96. The SMILES string of the molecule is O=C(Nc1ccccc1)/C(Cl)=N\Nc1ccc(Cl)c(Cl)c1. The lowest BCUT2D eigenvalue weighted by Gasteiger charge is -2.05. The number of carbonyl (C=O) groups excluding carboxylic acids is 1. The highest BCUT2D eigenvalue weighted by molar-refractivity contribution is 6.84. The first-order valence-electron chi connectivity index (χ1n) is 5.87. The number of hydrogen-bond acceptors (Lipinski definition) is 3. The van der Waals surface area contributed by atoms with Crippen molar-refractivity contribution < 1.29 is 4.79 Å². The van der Waals surface area contributed by atoms with Gasteiger partial charge in [-0.1, -0.05) is 53.0 Å². The molecule has 1 amide bonds. The van der Waals surface area contributed by atoms with Gasteiger partial charge in [0.2, 0.25) is 5.17 Å². The molecule has 0 aliphatic rings. The molecule has 0 bridgehead atoms. The third-order valence-corrected chi connectivity index (χ3v) is 3.42. The van der Waals surface area contributed by atoms with Gasteiger partial charge in [-0.3, -0.25) is 10.2 Å². The number of carbonyl (C=O) groups is 1. The van der Waals surface area contributed by atoms with Crippen LogP contribution in [0.4, 0.5) is 11.4 Å². The second-order valence-corrected chi connectivity index (χ2v) is 5.14. The van der Waals surface area contributed by atoms with Crippen molar-refractivity contribution in [3.05, 3.63) is 58.6 Å². The summed E-state index contributed by atoms with van der Waals surface area (Å²) in [7, 11) is 0. The van der Waals surface area contributed by atoms with E-state index < -0.39 is 5.91 Å². The van der Waals surface area contributed by atoms with E-state index in [4.69, 9.17) is 34.8 Å². The number of hydrogen-bond donors (Lipinski definition) is 2. The summed E-state index contributed by atoms with van der Waals surface area (Å²) in [4.78, 5) is 11.8. The molecule has 0 unspecified atom stereocenters. The molecule has 2 rings (SSSR count). The monoisotopic (exact) mass is 341 g/mol. The van der Waals surface area contributed by atoms with E-state index in [-0.39, 0.29) is 5.17 Å². The number of anilines is 2. The van der Waals surface area contributed by atoms with Gasteiger partial charge in [0, 0.05) is 5.69 Å². The highest BCUT2D eigenvalue weighted by Crippen LogP contribution is 2.25. The Bertz CT molecular complexity index is 674. The number of para-hydroxylation sites is 1. The van der Waals surface area contributed by atoms with Gasteiger partial charge in [0.1, 0.15) is 0 Å². The van der Waals surface area contributed by atoms with Crippen molar-refractivity contribution in [2.75, 3.05) is 10.7 Å². The fourth-order valence-corrected chi connectivity index (χ4v) is 1.82. The molecule has 0 saturated heterocycles. The van der Waals surface area contributed by atoms with Gasteiger partial charge < -0.3 is 5.32 Å². The van der Waals surface area contributed by atoms with Crippen LogP contribution in [0, 0.1) is 0 Å². The van der Waals surface area contributed by atoms with Crippen molar-refractivity contribution in [3.63, 3.8) is 0 Å². The quantitative estimate of drug-likeness (QED) is 0.630. The van der Waals surface area contributed by atoms with E-state index in [2.05, 4.69) is 15.8 Å². The number of hydrazone groups is 1. The first-order valence-corrected chi connectivity index (χ1v) is 7.00. The van der Waals surface area contributed by atoms with E-state index in [0.29, 0.717) is 21.4 Å². The van der Waals surface area contributed by atoms with Gasteiger partial charge in [-0.15, -0.1) is 0 Å². The molecule has 0 saturated carbocycles. The minimum absolute atomic E-state index is 0.232. The molecule has 0 radical (unpaired) electrons. The third-order valence-electron chi connectivity index (χ3n) is 2.42. The number of nitrogens with one attached hydrogen (secondary N) is 2. The van der Waals surface area contributed by atoms with Gasteiger partial charge in [0.25, 0.3) is 5.91 Å². The molecule has 7 heteroatoms. The number of nitrogens with zero attached hydrogens (tertiary/aromatic N) is 1. The van der Waals surface area contributed by atoms with Gasteiger partial charge in [0.05, 0.1) is 15.7 Å². The largest absolute Gasteiger partial charge is 0.320 e. The Hall–Kier alpha value is -1.75. The van der Waals surface area contributed by atoms with Gasteiger partial charge >= 0.3 is 0 Å². The number of halogens is 3. The molecule has 0 heterocycles. The minimum atomic E-state index is -0.518. The Morgan fingerprint density at radius 2 is 1.67 bits per heavy atom. The molecular formula is C14H10Cl3N3O. The Labute approximate surface area is 136 Å². The normalized spacial score (nSPS) is 11.1. The highest BCUT2D eigenvalue weighted by Gasteiger charge is 2.08. The summed E-state index contributed by atoms with van der Waals surface area (Å²) in [6.07, 6.45) is 0. The molecule has 0 fully saturated rings. The van der Waals surface area contributed by atoms with E-state index in [0.717, 1.165) is 0 Å². The maximum Gasteiger partial charge on any atom is 0.287 e. The summed E-state index contributed by atoms with van der Waals surface area (Å²) >= 11 is 17.5. The molecule has 0 aromatic heterocycles. The van der Waals surface area contributed by atoms with E-state index >= 15 is 0 Å². The zero-order valence-corrected chi connectivity index (χ0v) is 12.9. The zero-order chi connectivity index (χ0) is 15.2. The van der Waals surface area contributed by atoms with Gasteiger partial charge in [-0.05, 0) is 30.3 Å². The van der Waals surface area contributed by atoms with Gasteiger partial charge in [0.15, 0.2) is 0 Å². The van der Waals surface area contributed by atoms with Crippen molar-refractivity contribution in [3.8, 4) is 0 Å². The Morgan fingerprint density at radius 1 is 0.952 bits per heavy atom. The van der Waals surface area contributed by atoms with Gasteiger partial charge in [-0.2, -0.15) is 5.10 Å². The zero-order valence-electron chi connectivity index (χ0n) is 10.6. The van der Waals surface area contributed by atoms with Crippen LogP contribution in [-0.2, 0) is 4.79 Å². The van der Waals surface area contributed by atoms with Crippen LogP contribution in [0.5, 0.6) is 0 Å². The number of benzene rings is 2. The van der Waals surface area contributed by atoms with Crippen molar-refractivity contribution >= 4 is 57.3 Å². The van der Waals surface area contributed by atoms with Crippen LogP contribution in [0.15, 0.2) is 53.6 Å². The molecule has 21 heavy (non-hydrogen) atoms. The molecule has 108 valence electrons. The van der Waals surface area contributed by atoms with E-state index in [1.54, 1.807) is 42.5 Å².